The van der Waals surface area contributed by atoms with Crippen molar-refractivity contribution in [2.24, 2.45) is 5.73 Å². The largest absolute Gasteiger partial charge is 0.423 e. The average Bonchev–Trinajstić information content (AvgIpc) is 3.40. The Hall–Kier alpha value is -2.88. The van der Waals surface area contributed by atoms with Crippen LogP contribution in [0.5, 0.6) is 0 Å². The van der Waals surface area contributed by atoms with E-state index in [4.69, 9.17) is 21.8 Å². The van der Waals surface area contributed by atoms with Crippen molar-refractivity contribution in [1.82, 2.24) is 9.88 Å². The quantitative estimate of drug-likeness (QED) is 0.641. The van der Waals surface area contributed by atoms with Gasteiger partial charge in [-0.25, -0.2) is 9.36 Å². The van der Waals surface area contributed by atoms with Gasteiger partial charge in [-0.1, -0.05) is 11.6 Å². The van der Waals surface area contributed by atoms with Gasteiger partial charge < -0.3 is 20.4 Å². The molecule has 1 saturated heterocycles. The van der Waals surface area contributed by atoms with Gasteiger partial charge in [0.1, 0.15) is 5.76 Å². The fourth-order valence-electron chi connectivity index (χ4n) is 3.09. The highest BCUT2D eigenvalue weighted by Crippen LogP contribution is 2.23. The first-order valence-corrected chi connectivity index (χ1v) is 10.0. The average molecular weight is 433 g/mol. The Bertz CT molecular complexity index is 1120. The van der Waals surface area contributed by atoms with Crippen LogP contribution in [0.1, 0.15) is 21.9 Å². The predicted molar refractivity (Wildman–Crippen MR) is 110 cm³/mol. The molecule has 1 aromatic carbocycles. The minimum Gasteiger partial charge on any atom is -0.411 e. The molecule has 0 aliphatic carbocycles. The van der Waals surface area contributed by atoms with Crippen molar-refractivity contribution in [3.8, 4) is 5.69 Å². The molecule has 0 saturated carbocycles. The van der Waals surface area contributed by atoms with Gasteiger partial charge in [0.25, 0.3) is 5.91 Å². The molecular formula is C19H17ClN4O4S. The number of halogens is 1. The predicted octanol–water partition coefficient (Wildman–Crippen LogP) is 2.14. The summed E-state index contributed by atoms with van der Waals surface area (Å²) in [6, 6.07) is 9.76. The first kappa shape index (κ1) is 19.4. The van der Waals surface area contributed by atoms with E-state index in [0.717, 1.165) is 5.69 Å². The van der Waals surface area contributed by atoms with E-state index in [1.807, 2.05) is 0 Å². The molecule has 2 amide bonds. The minimum absolute atomic E-state index is 0.0643. The summed E-state index contributed by atoms with van der Waals surface area (Å²) in [6.45, 7) is 0.638. The first-order valence-electron chi connectivity index (χ1n) is 8.84. The van der Waals surface area contributed by atoms with Gasteiger partial charge in [0.15, 0.2) is 0 Å². The van der Waals surface area contributed by atoms with E-state index in [9.17, 15) is 14.4 Å². The number of benzene rings is 1. The topological polar surface area (TPSA) is 111 Å². The lowest BCUT2D eigenvalue weighted by Crippen LogP contribution is -2.33. The van der Waals surface area contributed by atoms with Crippen LogP contribution in [0.2, 0.25) is 4.34 Å². The van der Waals surface area contributed by atoms with Crippen molar-refractivity contribution in [2.45, 2.75) is 19.0 Å². The number of oxazole rings is 1. The maximum atomic E-state index is 12.2. The molecule has 0 spiro atoms. The molecule has 3 aromatic rings. The van der Waals surface area contributed by atoms with Crippen molar-refractivity contribution in [1.29, 1.82) is 0 Å². The smallest absolute Gasteiger partial charge is 0.411 e. The fraction of sp³-hybridized carbons (Fsp3) is 0.211. The summed E-state index contributed by atoms with van der Waals surface area (Å²) in [6.07, 6.45) is 2.14. The summed E-state index contributed by atoms with van der Waals surface area (Å²) in [4.78, 5) is 38.4. The summed E-state index contributed by atoms with van der Waals surface area (Å²) in [5.41, 5.74) is 7.06. The molecule has 150 valence electrons. The SMILES string of the molecule is N[C@@H]1CCN(c2ccc(-n3cc(CNC(=O)c4ccc(Cl)s4)oc3=O)cc2)C1=O. The number of carbonyl (C=O) groups is 2. The van der Waals surface area contributed by atoms with Crippen molar-refractivity contribution in [2.75, 3.05) is 11.4 Å². The number of amides is 2. The molecule has 3 heterocycles. The Balaban J connectivity index is 1.46. The summed E-state index contributed by atoms with van der Waals surface area (Å²) in [5.74, 6) is -0.658. The summed E-state index contributed by atoms with van der Waals surface area (Å²) >= 11 is 7.00. The molecule has 0 bridgehead atoms. The van der Waals surface area contributed by atoms with E-state index in [1.165, 1.54) is 22.1 Å². The van der Waals surface area contributed by atoms with Crippen LogP contribution in [0.25, 0.3) is 5.69 Å². The molecule has 0 radical (unpaired) electrons. The molecular weight excluding hydrogens is 416 g/mol. The monoisotopic (exact) mass is 432 g/mol. The van der Waals surface area contributed by atoms with Gasteiger partial charge in [-0.05, 0) is 42.8 Å². The van der Waals surface area contributed by atoms with Gasteiger partial charge in [-0.15, -0.1) is 11.3 Å². The van der Waals surface area contributed by atoms with Gasteiger partial charge in [-0.2, -0.15) is 0 Å². The third-order valence-electron chi connectivity index (χ3n) is 4.59. The molecule has 1 aliphatic heterocycles. The van der Waals surface area contributed by atoms with E-state index in [0.29, 0.717) is 33.6 Å². The molecule has 1 fully saturated rings. The standard InChI is InChI=1S/C19H17ClN4O4S/c20-16-6-5-15(29-16)17(25)22-9-13-10-24(19(27)28-13)12-3-1-11(2-4-12)23-8-7-14(21)18(23)26/h1-6,10,14H,7-9,21H2,(H,22,25)/t14-/m1/s1. The minimum atomic E-state index is -0.569. The van der Waals surface area contributed by atoms with Crippen LogP contribution in [0, 0.1) is 0 Å². The van der Waals surface area contributed by atoms with Gasteiger partial charge in [0, 0.05) is 12.2 Å². The molecule has 4 rings (SSSR count). The number of hydrogen-bond donors (Lipinski definition) is 2. The Morgan fingerprint density at radius 1 is 1.21 bits per heavy atom. The number of nitrogens with zero attached hydrogens (tertiary/aromatic N) is 2. The number of nitrogens with one attached hydrogen (secondary N) is 1. The Labute approximate surface area is 174 Å². The fourth-order valence-corrected chi connectivity index (χ4v) is 4.05. The molecule has 8 nitrogen and oxygen atoms in total. The van der Waals surface area contributed by atoms with Gasteiger partial charge in [-0.3, -0.25) is 9.59 Å². The molecule has 10 heteroatoms. The number of carbonyl (C=O) groups excluding carboxylic acids is 2. The van der Waals surface area contributed by atoms with Gasteiger partial charge >= 0.3 is 5.76 Å². The number of thiophene rings is 1. The van der Waals surface area contributed by atoms with Crippen molar-refractivity contribution >= 4 is 40.4 Å². The molecule has 1 atom stereocenters. The highest BCUT2D eigenvalue weighted by molar-refractivity contribution is 7.17. The lowest BCUT2D eigenvalue weighted by Gasteiger charge is -2.16. The van der Waals surface area contributed by atoms with Crippen molar-refractivity contribution in [3.05, 3.63) is 68.1 Å². The lowest BCUT2D eigenvalue weighted by atomic mass is 10.2. The molecule has 0 unspecified atom stereocenters. The van der Waals surface area contributed by atoms with Crippen LogP contribution in [0.4, 0.5) is 5.69 Å². The number of anilines is 1. The number of nitrogens with two attached hydrogens (primary N) is 1. The van der Waals surface area contributed by atoms with Crippen molar-refractivity contribution < 1.29 is 14.0 Å². The van der Waals surface area contributed by atoms with E-state index >= 15 is 0 Å². The zero-order chi connectivity index (χ0) is 20.5. The zero-order valence-electron chi connectivity index (χ0n) is 15.1. The van der Waals surface area contributed by atoms with Crippen LogP contribution in [0.3, 0.4) is 0 Å². The van der Waals surface area contributed by atoms with E-state index in [-0.39, 0.29) is 18.4 Å². The van der Waals surface area contributed by atoms with E-state index in [1.54, 1.807) is 41.3 Å². The Morgan fingerprint density at radius 2 is 1.93 bits per heavy atom. The third-order valence-corrected chi connectivity index (χ3v) is 5.82. The summed E-state index contributed by atoms with van der Waals surface area (Å²) in [5, 5.41) is 2.69. The van der Waals surface area contributed by atoms with Crippen LogP contribution >= 0.6 is 22.9 Å². The van der Waals surface area contributed by atoms with E-state index in [2.05, 4.69) is 5.32 Å². The number of aromatic nitrogens is 1. The van der Waals surface area contributed by atoms with Crippen LogP contribution < -0.4 is 21.7 Å². The zero-order valence-corrected chi connectivity index (χ0v) is 16.7. The second-order valence-electron chi connectivity index (χ2n) is 6.52. The first-order chi connectivity index (χ1) is 13.9. The molecule has 3 N–H and O–H groups in total. The van der Waals surface area contributed by atoms with Gasteiger partial charge in [0.2, 0.25) is 5.91 Å². The second kappa shape index (κ2) is 7.86. The number of hydrogen-bond acceptors (Lipinski definition) is 6. The Kier molecular flexibility index (Phi) is 5.27. The molecule has 1 aliphatic rings. The normalized spacial score (nSPS) is 16.4. The van der Waals surface area contributed by atoms with Crippen molar-refractivity contribution in [3.63, 3.8) is 0 Å². The van der Waals surface area contributed by atoms with Crippen LogP contribution in [0.15, 0.2) is 51.8 Å². The van der Waals surface area contributed by atoms with Crippen LogP contribution in [-0.4, -0.2) is 29.0 Å². The van der Waals surface area contributed by atoms with E-state index < -0.39 is 11.8 Å². The third kappa shape index (κ3) is 3.98. The summed E-state index contributed by atoms with van der Waals surface area (Å²) < 4.78 is 7.07. The lowest BCUT2D eigenvalue weighted by molar-refractivity contribution is -0.118. The number of rotatable bonds is 5. The Morgan fingerprint density at radius 3 is 2.55 bits per heavy atom. The molecule has 29 heavy (non-hydrogen) atoms. The highest BCUT2D eigenvalue weighted by Gasteiger charge is 2.29. The second-order valence-corrected chi connectivity index (χ2v) is 8.24. The maximum absolute atomic E-state index is 12.2. The van der Waals surface area contributed by atoms with Gasteiger partial charge in [0.05, 0.1) is 33.7 Å². The highest BCUT2D eigenvalue weighted by atomic mass is 35.5. The summed E-state index contributed by atoms with van der Waals surface area (Å²) in [7, 11) is 0. The maximum Gasteiger partial charge on any atom is 0.423 e. The van der Waals surface area contributed by atoms with Crippen LogP contribution in [-0.2, 0) is 11.3 Å². The molecule has 2 aromatic heterocycles.